The van der Waals surface area contributed by atoms with Gasteiger partial charge in [-0.1, -0.05) is 42.5 Å². The molecule has 1 aromatic heterocycles. The van der Waals surface area contributed by atoms with E-state index in [-0.39, 0.29) is 24.6 Å². The van der Waals surface area contributed by atoms with Crippen LogP contribution >= 0.6 is 0 Å². The summed E-state index contributed by atoms with van der Waals surface area (Å²) in [5.41, 5.74) is 0.291. The molecule has 0 aliphatic rings. The van der Waals surface area contributed by atoms with E-state index in [0.717, 1.165) is 10.8 Å². The maximum absolute atomic E-state index is 12.0. The molecule has 3 aromatic carbocycles. The van der Waals surface area contributed by atoms with Crippen LogP contribution in [-0.4, -0.2) is 22.5 Å². The molecule has 27 heavy (non-hydrogen) atoms. The maximum Gasteiger partial charge on any atom is 0.344 e. The lowest BCUT2D eigenvalue weighted by atomic mass is 10.1. The van der Waals surface area contributed by atoms with Crippen molar-refractivity contribution in [3.63, 3.8) is 0 Å². The maximum atomic E-state index is 12.0. The first-order chi connectivity index (χ1) is 13.2. The second kappa shape index (κ2) is 7.29. The number of hydrogen-bond acceptors (Lipinski definition) is 5. The van der Waals surface area contributed by atoms with Gasteiger partial charge in [-0.15, -0.1) is 0 Å². The van der Waals surface area contributed by atoms with Crippen LogP contribution in [0.15, 0.2) is 71.5 Å². The molecule has 1 N–H and O–H groups in total. The van der Waals surface area contributed by atoms with Gasteiger partial charge in [0.2, 0.25) is 0 Å². The zero-order valence-corrected chi connectivity index (χ0v) is 14.3. The van der Waals surface area contributed by atoms with Crippen molar-refractivity contribution in [3.05, 3.63) is 82.9 Å². The Hall–Kier alpha value is -3.67. The second-order valence-corrected chi connectivity index (χ2v) is 5.99. The standard InChI is InChI=1S/C21H16N2O4/c24-20(13-26-16-10-9-14-5-1-2-6-15(14)11-16)27-12-19-22-18-8-4-3-7-17(18)21(25)23-19/h1-11H,12-13H2,(H,22,23,25). The lowest BCUT2D eigenvalue weighted by Gasteiger charge is -2.08. The molecule has 0 radical (unpaired) electrons. The Labute approximate surface area is 154 Å². The number of para-hydroxylation sites is 1. The number of H-pyrrole nitrogens is 1. The predicted molar refractivity (Wildman–Crippen MR) is 102 cm³/mol. The summed E-state index contributed by atoms with van der Waals surface area (Å²) in [7, 11) is 0. The minimum atomic E-state index is -0.543. The monoisotopic (exact) mass is 360 g/mol. The van der Waals surface area contributed by atoms with Gasteiger partial charge in [-0.25, -0.2) is 9.78 Å². The third kappa shape index (κ3) is 3.79. The molecule has 0 aliphatic carbocycles. The topological polar surface area (TPSA) is 81.3 Å². The number of ether oxygens (including phenoxy) is 2. The molecule has 6 heteroatoms. The SMILES string of the molecule is O=C(COc1ccc2ccccc2c1)OCc1nc2ccccc2c(=O)[nH]1. The van der Waals surface area contributed by atoms with Gasteiger partial charge in [0.15, 0.2) is 6.61 Å². The zero-order chi connectivity index (χ0) is 18.6. The van der Waals surface area contributed by atoms with Crippen LogP contribution < -0.4 is 10.3 Å². The fraction of sp³-hybridized carbons (Fsp3) is 0.0952. The van der Waals surface area contributed by atoms with Gasteiger partial charge in [0.25, 0.3) is 5.56 Å². The van der Waals surface area contributed by atoms with E-state index in [1.807, 2.05) is 36.4 Å². The van der Waals surface area contributed by atoms with Gasteiger partial charge in [0.1, 0.15) is 18.2 Å². The molecule has 0 saturated carbocycles. The van der Waals surface area contributed by atoms with E-state index in [9.17, 15) is 9.59 Å². The lowest BCUT2D eigenvalue weighted by Crippen LogP contribution is -2.18. The molecule has 0 unspecified atom stereocenters. The summed E-state index contributed by atoms with van der Waals surface area (Å²) in [5, 5.41) is 2.62. The van der Waals surface area contributed by atoms with E-state index in [1.165, 1.54) is 0 Å². The zero-order valence-electron chi connectivity index (χ0n) is 14.3. The van der Waals surface area contributed by atoms with Gasteiger partial charge < -0.3 is 14.5 Å². The Morgan fingerprint density at radius 2 is 1.74 bits per heavy atom. The lowest BCUT2D eigenvalue weighted by molar-refractivity contribution is -0.147. The normalized spacial score (nSPS) is 10.8. The molecule has 0 amide bonds. The van der Waals surface area contributed by atoms with Crippen molar-refractivity contribution in [2.75, 3.05) is 6.61 Å². The first-order valence-electron chi connectivity index (χ1n) is 8.44. The van der Waals surface area contributed by atoms with E-state index in [0.29, 0.717) is 16.7 Å². The van der Waals surface area contributed by atoms with Crippen molar-refractivity contribution in [1.82, 2.24) is 9.97 Å². The molecule has 6 nitrogen and oxygen atoms in total. The van der Waals surface area contributed by atoms with Crippen molar-refractivity contribution in [2.45, 2.75) is 6.61 Å². The third-order valence-electron chi connectivity index (χ3n) is 4.11. The molecule has 0 aliphatic heterocycles. The highest BCUT2D eigenvalue weighted by Crippen LogP contribution is 2.20. The number of nitrogens with one attached hydrogen (secondary N) is 1. The van der Waals surface area contributed by atoms with Crippen LogP contribution in [0.2, 0.25) is 0 Å². The van der Waals surface area contributed by atoms with Crippen molar-refractivity contribution >= 4 is 27.6 Å². The first kappa shape index (κ1) is 16.8. The number of nitrogens with zero attached hydrogens (tertiary/aromatic N) is 1. The van der Waals surface area contributed by atoms with Gasteiger partial charge in [-0.3, -0.25) is 4.79 Å². The van der Waals surface area contributed by atoms with Gasteiger partial charge in [-0.05, 0) is 35.0 Å². The number of aromatic nitrogens is 2. The molecule has 0 spiro atoms. The van der Waals surface area contributed by atoms with Gasteiger partial charge in [0.05, 0.1) is 10.9 Å². The van der Waals surface area contributed by atoms with Crippen molar-refractivity contribution < 1.29 is 14.3 Å². The molecule has 0 saturated heterocycles. The van der Waals surface area contributed by atoms with E-state index in [2.05, 4.69) is 9.97 Å². The highest BCUT2D eigenvalue weighted by atomic mass is 16.6. The quantitative estimate of drug-likeness (QED) is 0.553. The Kier molecular flexibility index (Phi) is 4.53. The molecule has 0 bridgehead atoms. The number of carbonyl (C=O) groups is 1. The molecule has 4 aromatic rings. The van der Waals surface area contributed by atoms with E-state index < -0.39 is 5.97 Å². The number of carbonyl (C=O) groups excluding carboxylic acids is 1. The molecule has 134 valence electrons. The van der Waals surface area contributed by atoms with Crippen LogP contribution in [0.1, 0.15) is 5.82 Å². The fourth-order valence-corrected chi connectivity index (χ4v) is 2.79. The van der Waals surface area contributed by atoms with Crippen LogP contribution in [0.5, 0.6) is 5.75 Å². The third-order valence-corrected chi connectivity index (χ3v) is 4.11. The summed E-state index contributed by atoms with van der Waals surface area (Å²) in [6.07, 6.45) is 0. The number of aromatic amines is 1. The molecule has 1 heterocycles. The average molecular weight is 360 g/mol. The van der Waals surface area contributed by atoms with E-state index in [1.54, 1.807) is 30.3 Å². The van der Waals surface area contributed by atoms with Crippen molar-refractivity contribution in [2.24, 2.45) is 0 Å². The van der Waals surface area contributed by atoms with Crippen LogP contribution in [0.4, 0.5) is 0 Å². The van der Waals surface area contributed by atoms with Crippen LogP contribution in [0.25, 0.3) is 21.7 Å². The number of fused-ring (bicyclic) bond motifs is 2. The Balaban J connectivity index is 1.37. The first-order valence-corrected chi connectivity index (χ1v) is 8.44. The highest BCUT2D eigenvalue weighted by molar-refractivity contribution is 5.83. The van der Waals surface area contributed by atoms with Crippen molar-refractivity contribution in [3.8, 4) is 5.75 Å². The van der Waals surface area contributed by atoms with E-state index >= 15 is 0 Å². The highest BCUT2D eigenvalue weighted by Gasteiger charge is 2.08. The van der Waals surface area contributed by atoms with Crippen molar-refractivity contribution in [1.29, 1.82) is 0 Å². The molecule has 4 rings (SSSR count). The van der Waals surface area contributed by atoms with Crippen LogP contribution in [0, 0.1) is 0 Å². The number of rotatable bonds is 5. The Morgan fingerprint density at radius 3 is 2.63 bits per heavy atom. The van der Waals surface area contributed by atoms with Crippen LogP contribution in [0.3, 0.4) is 0 Å². The smallest absolute Gasteiger partial charge is 0.344 e. The molecular weight excluding hydrogens is 344 g/mol. The van der Waals surface area contributed by atoms with Gasteiger partial charge >= 0.3 is 5.97 Å². The Bertz CT molecular complexity index is 1180. The Morgan fingerprint density at radius 1 is 0.963 bits per heavy atom. The summed E-state index contributed by atoms with van der Waals surface area (Å²) in [5.74, 6) is 0.333. The summed E-state index contributed by atoms with van der Waals surface area (Å²) < 4.78 is 10.6. The number of benzene rings is 3. The largest absolute Gasteiger partial charge is 0.482 e. The second-order valence-electron chi connectivity index (χ2n) is 5.99. The summed E-state index contributed by atoms with van der Waals surface area (Å²) in [6, 6.07) is 20.5. The number of hydrogen-bond donors (Lipinski definition) is 1. The molecule has 0 atom stereocenters. The number of esters is 1. The average Bonchev–Trinajstić information content (AvgIpc) is 2.70. The minimum Gasteiger partial charge on any atom is -0.482 e. The van der Waals surface area contributed by atoms with E-state index in [4.69, 9.17) is 9.47 Å². The fourth-order valence-electron chi connectivity index (χ4n) is 2.79. The summed E-state index contributed by atoms with van der Waals surface area (Å²) in [4.78, 5) is 30.8. The van der Waals surface area contributed by atoms with Crippen LogP contribution in [-0.2, 0) is 16.1 Å². The predicted octanol–water partition coefficient (Wildman–Crippen LogP) is 3.20. The van der Waals surface area contributed by atoms with Gasteiger partial charge in [0, 0.05) is 0 Å². The molecule has 0 fully saturated rings. The molecular formula is C21H16N2O4. The minimum absolute atomic E-state index is 0.125. The summed E-state index contributed by atoms with van der Waals surface area (Å²) >= 11 is 0. The summed E-state index contributed by atoms with van der Waals surface area (Å²) in [6.45, 7) is -0.351. The van der Waals surface area contributed by atoms with Gasteiger partial charge in [-0.2, -0.15) is 0 Å².